The van der Waals surface area contributed by atoms with Crippen LogP contribution in [0.3, 0.4) is 0 Å². The van der Waals surface area contributed by atoms with Crippen molar-refractivity contribution in [3.8, 4) is 0 Å². The third kappa shape index (κ3) is 2.25. The molecule has 1 nitrogen and oxygen atoms in total. The quantitative estimate of drug-likeness (QED) is 0.685. The van der Waals surface area contributed by atoms with Crippen molar-refractivity contribution in [2.75, 3.05) is 13.6 Å². The van der Waals surface area contributed by atoms with E-state index in [0.717, 1.165) is 0 Å². The van der Waals surface area contributed by atoms with Gasteiger partial charge >= 0.3 is 0 Å². The Bertz CT molecular complexity index is 297. The lowest BCUT2D eigenvalue weighted by Gasteiger charge is -2.12. The van der Waals surface area contributed by atoms with Crippen LogP contribution in [0, 0.1) is 18.6 Å². The smallest absolute Gasteiger partial charge is 0.132 e. The third-order valence-corrected chi connectivity index (χ3v) is 1.96. The van der Waals surface area contributed by atoms with Gasteiger partial charge in [-0.1, -0.05) is 6.07 Å². The van der Waals surface area contributed by atoms with Crippen LogP contribution in [0.5, 0.6) is 0 Å². The molecule has 0 aromatic heterocycles. The average Bonchev–Trinajstić information content (AvgIpc) is 2.12. The van der Waals surface area contributed by atoms with Gasteiger partial charge in [0, 0.05) is 5.56 Å². The van der Waals surface area contributed by atoms with Crippen molar-refractivity contribution in [3.05, 3.63) is 40.2 Å². The SMILES string of the molecule is C[N-]CCc1c(F)ccc(C)c1F. The highest BCUT2D eigenvalue weighted by Gasteiger charge is 2.08. The number of hydrogen-bond acceptors (Lipinski definition) is 0. The van der Waals surface area contributed by atoms with Crippen molar-refractivity contribution in [1.82, 2.24) is 0 Å². The summed E-state index contributed by atoms with van der Waals surface area (Å²) in [7, 11) is 1.63. The molecule has 1 aromatic rings. The summed E-state index contributed by atoms with van der Waals surface area (Å²) in [6.45, 7) is 2.08. The molecule has 0 amide bonds. The van der Waals surface area contributed by atoms with E-state index >= 15 is 0 Å². The summed E-state index contributed by atoms with van der Waals surface area (Å²) in [4.78, 5) is 0. The van der Waals surface area contributed by atoms with E-state index in [1.54, 1.807) is 14.0 Å². The normalized spacial score (nSPS) is 10.5. The molecule has 0 aliphatic heterocycles. The van der Waals surface area contributed by atoms with Crippen molar-refractivity contribution in [1.29, 1.82) is 0 Å². The zero-order valence-corrected chi connectivity index (χ0v) is 7.77. The van der Waals surface area contributed by atoms with E-state index in [-0.39, 0.29) is 5.56 Å². The number of nitrogens with zero attached hydrogens (tertiary/aromatic N) is 1. The van der Waals surface area contributed by atoms with Crippen LogP contribution in [-0.2, 0) is 6.42 Å². The van der Waals surface area contributed by atoms with Crippen molar-refractivity contribution < 1.29 is 8.78 Å². The Morgan fingerprint density at radius 3 is 2.62 bits per heavy atom. The van der Waals surface area contributed by atoms with Crippen LogP contribution in [0.2, 0.25) is 0 Å². The molecule has 0 unspecified atom stereocenters. The number of likely N-dealkylation sites (N-methyl/N-ethyl adjacent to an activating group) is 1. The van der Waals surface area contributed by atoms with Gasteiger partial charge in [-0.3, -0.25) is 0 Å². The van der Waals surface area contributed by atoms with Crippen LogP contribution in [0.4, 0.5) is 8.78 Å². The Morgan fingerprint density at radius 1 is 1.31 bits per heavy atom. The first-order valence-electron chi connectivity index (χ1n) is 4.16. The topological polar surface area (TPSA) is 14.1 Å². The van der Waals surface area contributed by atoms with E-state index in [9.17, 15) is 8.78 Å². The molecule has 0 heterocycles. The van der Waals surface area contributed by atoms with Gasteiger partial charge in [-0.15, -0.1) is 6.54 Å². The fourth-order valence-corrected chi connectivity index (χ4v) is 1.17. The highest BCUT2D eigenvalue weighted by molar-refractivity contribution is 5.27. The molecule has 0 aliphatic rings. The maximum Gasteiger partial charge on any atom is 0.132 e. The largest absolute Gasteiger partial charge is 0.665 e. The molecule has 0 N–H and O–H groups in total. The summed E-state index contributed by atoms with van der Waals surface area (Å²) >= 11 is 0. The maximum absolute atomic E-state index is 13.3. The monoisotopic (exact) mass is 184 g/mol. The molecule has 1 aromatic carbocycles. The first kappa shape index (κ1) is 10.1. The number of hydrogen-bond donors (Lipinski definition) is 0. The van der Waals surface area contributed by atoms with E-state index < -0.39 is 11.6 Å². The summed E-state index contributed by atoms with van der Waals surface area (Å²) in [5.41, 5.74) is 0.623. The predicted octanol–water partition coefficient (Wildman–Crippen LogP) is 2.82. The van der Waals surface area contributed by atoms with E-state index in [2.05, 4.69) is 5.32 Å². The zero-order chi connectivity index (χ0) is 9.84. The molecule has 72 valence electrons. The van der Waals surface area contributed by atoms with Crippen LogP contribution >= 0.6 is 0 Å². The number of benzene rings is 1. The Labute approximate surface area is 76.8 Å². The van der Waals surface area contributed by atoms with Gasteiger partial charge in [-0.2, -0.15) is 7.05 Å². The maximum atomic E-state index is 13.3. The summed E-state index contributed by atoms with van der Waals surface area (Å²) < 4.78 is 26.4. The van der Waals surface area contributed by atoms with Gasteiger partial charge in [0.05, 0.1) is 0 Å². The third-order valence-electron chi connectivity index (χ3n) is 1.96. The van der Waals surface area contributed by atoms with Crippen LogP contribution in [-0.4, -0.2) is 13.6 Å². The molecule has 0 atom stereocenters. The number of rotatable bonds is 3. The molecular weight excluding hydrogens is 172 g/mol. The molecule has 0 saturated heterocycles. The van der Waals surface area contributed by atoms with Gasteiger partial charge in [0.2, 0.25) is 0 Å². The summed E-state index contributed by atoms with van der Waals surface area (Å²) in [6, 6.07) is 2.74. The molecule has 1 rings (SSSR count). The standard InChI is InChI=1S/C10H12F2N/c1-7-3-4-9(11)8(10(7)12)5-6-13-2/h3-4H,5-6H2,1-2H3/q-1. The highest BCUT2D eigenvalue weighted by atomic mass is 19.1. The van der Waals surface area contributed by atoms with Crippen LogP contribution in [0.25, 0.3) is 5.32 Å². The number of halogens is 2. The lowest BCUT2D eigenvalue weighted by Crippen LogP contribution is -2.00. The molecular formula is C10H12F2N-. The second kappa shape index (κ2) is 4.33. The van der Waals surface area contributed by atoms with Crippen molar-refractivity contribution in [3.63, 3.8) is 0 Å². The van der Waals surface area contributed by atoms with E-state index in [1.165, 1.54) is 12.1 Å². The first-order valence-corrected chi connectivity index (χ1v) is 4.16. The molecule has 0 radical (unpaired) electrons. The van der Waals surface area contributed by atoms with E-state index in [1.807, 2.05) is 0 Å². The molecule has 0 spiro atoms. The van der Waals surface area contributed by atoms with Crippen LogP contribution < -0.4 is 0 Å². The molecule has 0 fully saturated rings. The fraction of sp³-hybridized carbons (Fsp3) is 0.400. The van der Waals surface area contributed by atoms with Crippen LogP contribution in [0.15, 0.2) is 12.1 Å². The Balaban J connectivity index is 2.96. The van der Waals surface area contributed by atoms with Gasteiger partial charge < -0.3 is 5.32 Å². The van der Waals surface area contributed by atoms with Gasteiger partial charge in [-0.05, 0) is 25.0 Å². The molecule has 0 bridgehead atoms. The minimum Gasteiger partial charge on any atom is -0.665 e. The number of aryl methyl sites for hydroxylation is 1. The van der Waals surface area contributed by atoms with Crippen molar-refractivity contribution in [2.24, 2.45) is 0 Å². The molecule has 0 aliphatic carbocycles. The molecule has 0 saturated carbocycles. The lowest BCUT2D eigenvalue weighted by atomic mass is 10.1. The van der Waals surface area contributed by atoms with E-state index in [4.69, 9.17) is 0 Å². The summed E-state index contributed by atoms with van der Waals surface area (Å²) in [5.74, 6) is -0.921. The Kier molecular flexibility index (Phi) is 3.37. The first-order chi connectivity index (χ1) is 6.16. The van der Waals surface area contributed by atoms with Crippen LogP contribution in [0.1, 0.15) is 11.1 Å². The second-order valence-electron chi connectivity index (χ2n) is 2.95. The predicted molar refractivity (Wildman–Crippen MR) is 48.9 cm³/mol. The average molecular weight is 184 g/mol. The minimum absolute atomic E-state index is 0.144. The fourth-order valence-electron chi connectivity index (χ4n) is 1.17. The van der Waals surface area contributed by atoms with Gasteiger partial charge in [-0.25, -0.2) is 8.78 Å². The Morgan fingerprint density at radius 2 is 2.00 bits per heavy atom. The minimum atomic E-state index is -0.480. The van der Waals surface area contributed by atoms with Crippen molar-refractivity contribution >= 4 is 0 Å². The molecule has 13 heavy (non-hydrogen) atoms. The second-order valence-corrected chi connectivity index (χ2v) is 2.95. The van der Waals surface area contributed by atoms with Gasteiger partial charge in [0.1, 0.15) is 11.6 Å². The summed E-state index contributed by atoms with van der Waals surface area (Å²) in [5, 5.41) is 3.81. The zero-order valence-electron chi connectivity index (χ0n) is 7.77. The van der Waals surface area contributed by atoms with E-state index in [0.29, 0.717) is 18.5 Å². The molecule has 3 heteroatoms. The Hall–Kier alpha value is -0.960. The van der Waals surface area contributed by atoms with Gasteiger partial charge in [0.25, 0.3) is 0 Å². The lowest BCUT2D eigenvalue weighted by molar-refractivity contribution is 0.552. The highest BCUT2D eigenvalue weighted by Crippen LogP contribution is 2.16. The van der Waals surface area contributed by atoms with Crippen molar-refractivity contribution in [2.45, 2.75) is 13.3 Å². The summed E-state index contributed by atoms with van der Waals surface area (Å²) in [6.07, 6.45) is 0.329. The van der Waals surface area contributed by atoms with Gasteiger partial charge in [0.15, 0.2) is 0 Å².